The van der Waals surface area contributed by atoms with Gasteiger partial charge in [-0.2, -0.15) is 8.42 Å². The second kappa shape index (κ2) is 7.37. The summed E-state index contributed by atoms with van der Waals surface area (Å²) in [6.45, 7) is 7.09. The van der Waals surface area contributed by atoms with E-state index in [0.717, 1.165) is 31.7 Å². The molecule has 1 aromatic carbocycles. The molecule has 6 nitrogen and oxygen atoms in total. The quantitative estimate of drug-likeness (QED) is 0.745. The Labute approximate surface area is 119 Å². The molecule has 0 unspecified atom stereocenters. The van der Waals surface area contributed by atoms with Gasteiger partial charge in [0.1, 0.15) is 0 Å². The summed E-state index contributed by atoms with van der Waals surface area (Å²) < 4.78 is 29.6. The summed E-state index contributed by atoms with van der Waals surface area (Å²) >= 11 is 0. The normalized spacial score (nSPS) is 15.2. The molecule has 2 N–H and O–H groups in total. The van der Waals surface area contributed by atoms with Crippen molar-refractivity contribution in [1.82, 2.24) is 10.2 Å². The van der Waals surface area contributed by atoms with E-state index in [0.29, 0.717) is 0 Å². The number of piperazine rings is 1. The van der Waals surface area contributed by atoms with Crippen LogP contribution in [0.1, 0.15) is 12.5 Å². The predicted molar refractivity (Wildman–Crippen MR) is 76.1 cm³/mol. The summed E-state index contributed by atoms with van der Waals surface area (Å²) in [5.74, 6) is 0.191. The van der Waals surface area contributed by atoms with Crippen LogP contribution in [0.3, 0.4) is 0 Å². The number of hydrogen-bond donors (Lipinski definition) is 2. The second-order valence-corrected chi connectivity index (χ2v) is 5.97. The van der Waals surface area contributed by atoms with E-state index in [1.165, 1.54) is 12.1 Å². The van der Waals surface area contributed by atoms with E-state index in [1.807, 2.05) is 11.8 Å². The van der Waals surface area contributed by atoms with Crippen LogP contribution in [-0.4, -0.2) is 50.0 Å². The van der Waals surface area contributed by atoms with Crippen LogP contribution in [0.25, 0.3) is 0 Å². The average Bonchev–Trinajstić information content (AvgIpc) is 2.40. The number of aryl methyl sites for hydroxylation is 1. The molecule has 1 fully saturated rings. The van der Waals surface area contributed by atoms with Crippen LogP contribution < -0.4 is 5.32 Å². The highest BCUT2D eigenvalue weighted by Crippen LogP contribution is 2.08. The molecule has 1 amide bonds. The first kappa shape index (κ1) is 16.6. The van der Waals surface area contributed by atoms with Crippen LogP contribution in [0.2, 0.25) is 0 Å². The number of benzene rings is 1. The Hall–Kier alpha value is -1.44. The summed E-state index contributed by atoms with van der Waals surface area (Å²) in [5.41, 5.74) is 0.956. The van der Waals surface area contributed by atoms with E-state index in [1.54, 1.807) is 19.1 Å². The third kappa shape index (κ3) is 5.68. The van der Waals surface area contributed by atoms with E-state index in [-0.39, 0.29) is 10.8 Å². The second-order valence-electron chi connectivity index (χ2n) is 4.54. The van der Waals surface area contributed by atoms with Crippen molar-refractivity contribution in [3.63, 3.8) is 0 Å². The van der Waals surface area contributed by atoms with Crippen molar-refractivity contribution in [3.05, 3.63) is 29.8 Å². The monoisotopic (exact) mass is 300 g/mol. The van der Waals surface area contributed by atoms with Gasteiger partial charge in [0.2, 0.25) is 5.91 Å². The fourth-order valence-corrected chi connectivity index (χ4v) is 2.17. The highest BCUT2D eigenvalue weighted by molar-refractivity contribution is 7.85. The van der Waals surface area contributed by atoms with Gasteiger partial charge in [0.25, 0.3) is 10.1 Å². The minimum absolute atomic E-state index is 0.0666. The maximum absolute atomic E-state index is 10.7. The first-order chi connectivity index (χ1) is 9.30. The highest BCUT2D eigenvalue weighted by atomic mass is 32.2. The Bertz CT molecular complexity index is 534. The van der Waals surface area contributed by atoms with E-state index in [9.17, 15) is 13.2 Å². The average molecular weight is 300 g/mol. The van der Waals surface area contributed by atoms with Gasteiger partial charge >= 0.3 is 0 Å². The SMILES string of the molecule is CC(=O)N1CCNCC1.Cc1ccc(S(=O)(=O)O)cc1. The zero-order chi connectivity index (χ0) is 15.2. The maximum Gasteiger partial charge on any atom is 0.294 e. The van der Waals surface area contributed by atoms with Crippen LogP contribution >= 0.6 is 0 Å². The molecule has 7 heteroatoms. The van der Waals surface area contributed by atoms with Gasteiger partial charge in [0, 0.05) is 33.1 Å². The maximum atomic E-state index is 10.7. The molecule has 0 radical (unpaired) electrons. The number of amides is 1. The van der Waals surface area contributed by atoms with E-state index in [2.05, 4.69) is 5.32 Å². The van der Waals surface area contributed by atoms with Crippen molar-refractivity contribution < 1.29 is 17.8 Å². The van der Waals surface area contributed by atoms with E-state index in [4.69, 9.17) is 4.55 Å². The van der Waals surface area contributed by atoms with Crippen LogP contribution in [-0.2, 0) is 14.9 Å². The lowest BCUT2D eigenvalue weighted by molar-refractivity contribution is -0.129. The first-order valence-corrected chi connectivity index (χ1v) is 7.75. The topological polar surface area (TPSA) is 86.7 Å². The van der Waals surface area contributed by atoms with Gasteiger partial charge in [-0.15, -0.1) is 0 Å². The fraction of sp³-hybridized carbons (Fsp3) is 0.462. The smallest absolute Gasteiger partial charge is 0.294 e. The Morgan fingerprint density at radius 1 is 1.20 bits per heavy atom. The van der Waals surface area contributed by atoms with Crippen molar-refractivity contribution in [2.24, 2.45) is 0 Å². The van der Waals surface area contributed by atoms with Crippen LogP contribution in [0.15, 0.2) is 29.2 Å². The molecule has 0 aliphatic carbocycles. The largest absolute Gasteiger partial charge is 0.340 e. The first-order valence-electron chi connectivity index (χ1n) is 6.31. The van der Waals surface area contributed by atoms with Gasteiger partial charge in [0.15, 0.2) is 0 Å². The number of nitrogens with zero attached hydrogens (tertiary/aromatic N) is 1. The van der Waals surface area contributed by atoms with E-state index >= 15 is 0 Å². The van der Waals surface area contributed by atoms with Crippen LogP contribution in [0.4, 0.5) is 0 Å². The van der Waals surface area contributed by atoms with Gasteiger partial charge in [-0.3, -0.25) is 9.35 Å². The molecule has 0 aromatic heterocycles. The van der Waals surface area contributed by atoms with Crippen molar-refractivity contribution in [2.45, 2.75) is 18.7 Å². The molecule has 2 rings (SSSR count). The number of carbonyl (C=O) groups is 1. The molecule has 1 aliphatic rings. The highest BCUT2D eigenvalue weighted by Gasteiger charge is 2.10. The molecular weight excluding hydrogens is 280 g/mol. The fourth-order valence-electron chi connectivity index (χ4n) is 1.69. The third-order valence-electron chi connectivity index (χ3n) is 2.88. The van der Waals surface area contributed by atoms with Crippen LogP contribution in [0.5, 0.6) is 0 Å². The number of hydrogen-bond acceptors (Lipinski definition) is 4. The Morgan fingerprint density at radius 2 is 1.70 bits per heavy atom. The Morgan fingerprint density at radius 3 is 2.05 bits per heavy atom. The summed E-state index contributed by atoms with van der Waals surface area (Å²) in [6, 6.07) is 5.99. The number of nitrogens with one attached hydrogen (secondary N) is 1. The summed E-state index contributed by atoms with van der Waals surface area (Å²) in [7, 11) is -4.02. The van der Waals surface area contributed by atoms with Crippen molar-refractivity contribution in [3.8, 4) is 0 Å². The number of carbonyl (C=O) groups excluding carboxylic acids is 1. The zero-order valence-corrected chi connectivity index (χ0v) is 12.5. The standard InChI is InChI=1S/C7H8O3S.C6H12N2O/c1-6-2-4-7(5-3-6)11(8,9)10;1-6(9)8-4-2-7-3-5-8/h2-5H,1H3,(H,8,9,10);7H,2-5H2,1H3. The van der Waals surface area contributed by atoms with Crippen molar-refractivity contribution in [2.75, 3.05) is 26.2 Å². The summed E-state index contributed by atoms with van der Waals surface area (Å²) in [6.07, 6.45) is 0. The Balaban J connectivity index is 0.000000204. The minimum atomic E-state index is -4.02. The Kier molecular flexibility index (Phi) is 6.12. The molecule has 112 valence electrons. The van der Waals surface area contributed by atoms with Crippen molar-refractivity contribution in [1.29, 1.82) is 0 Å². The lowest BCUT2D eigenvalue weighted by Crippen LogP contribution is -2.45. The lowest BCUT2D eigenvalue weighted by Gasteiger charge is -2.25. The number of rotatable bonds is 1. The van der Waals surface area contributed by atoms with Crippen LogP contribution in [0, 0.1) is 6.92 Å². The molecular formula is C13H20N2O4S. The van der Waals surface area contributed by atoms with Gasteiger partial charge in [-0.05, 0) is 19.1 Å². The molecule has 0 atom stereocenters. The third-order valence-corrected chi connectivity index (χ3v) is 3.75. The lowest BCUT2D eigenvalue weighted by atomic mass is 10.2. The molecule has 1 heterocycles. The molecule has 20 heavy (non-hydrogen) atoms. The van der Waals surface area contributed by atoms with Gasteiger partial charge < -0.3 is 10.2 Å². The zero-order valence-electron chi connectivity index (χ0n) is 11.7. The van der Waals surface area contributed by atoms with Crippen molar-refractivity contribution >= 4 is 16.0 Å². The van der Waals surface area contributed by atoms with E-state index < -0.39 is 10.1 Å². The molecule has 1 aromatic rings. The van der Waals surface area contributed by atoms with Gasteiger partial charge in [-0.25, -0.2) is 0 Å². The van der Waals surface area contributed by atoms with Gasteiger partial charge in [-0.1, -0.05) is 17.7 Å². The molecule has 1 aliphatic heterocycles. The minimum Gasteiger partial charge on any atom is -0.340 e. The summed E-state index contributed by atoms with van der Waals surface area (Å²) in [5, 5.41) is 3.18. The summed E-state index contributed by atoms with van der Waals surface area (Å²) in [4.78, 5) is 12.5. The van der Waals surface area contributed by atoms with Gasteiger partial charge in [0.05, 0.1) is 4.90 Å². The molecule has 0 spiro atoms. The molecule has 1 saturated heterocycles. The molecule has 0 saturated carbocycles. The predicted octanol–water partition coefficient (Wildman–Crippen LogP) is 0.680. The molecule has 0 bridgehead atoms.